The maximum absolute atomic E-state index is 12.4. The van der Waals surface area contributed by atoms with Crippen molar-refractivity contribution in [2.24, 2.45) is 5.92 Å². The molecule has 1 aliphatic rings. The van der Waals surface area contributed by atoms with Crippen LogP contribution in [-0.4, -0.2) is 25.1 Å². The van der Waals surface area contributed by atoms with Gasteiger partial charge in [0.05, 0.1) is 0 Å². The van der Waals surface area contributed by atoms with Gasteiger partial charge in [-0.15, -0.1) is 0 Å². The summed E-state index contributed by atoms with van der Waals surface area (Å²) < 4.78 is 8.69. The van der Waals surface area contributed by atoms with Gasteiger partial charge in [-0.2, -0.15) is 0 Å². The smallest absolute Gasteiger partial charge is 0.330 e. The van der Waals surface area contributed by atoms with E-state index in [1.54, 1.807) is 4.57 Å². The molecule has 0 spiro atoms. The van der Waals surface area contributed by atoms with Gasteiger partial charge < -0.3 is 9.30 Å². The van der Waals surface area contributed by atoms with Crippen molar-refractivity contribution in [3.8, 4) is 0 Å². The summed E-state index contributed by atoms with van der Waals surface area (Å²) >= 11 is 0. The number of nitrogens with zero attached hydrogens (tertiary/aromatic N) is 3. The molecule has 30 heavy (non-hydrogen) atoms. The number of ether oxygens (including phenoxy) is 1. The van der Waals surface area contributed by atoms with Crippen LogP contribution in [0.3, 0.4) is 0 Å². The number of carbonyl (C=O) groups is 1. The van der Waals surface area contributed by atoms with Crippen LogP contribution >= 0.6 is 0 Å². The van der Waals surface area contributed by atoms with Gasteiger partial charge in [0.25, 0.3) is 5.56 Å². The third-order valence-corrected chi connectivity index (χ3v) is 6.10. The minimum atomic E-state index is -0.456. The minimum absolute atomic E-state index is 0.00614. The highest BCUT2D eigenvalue weighted by atomic mass is 16.5. The van der Waals surface area contributed by atoms with Gasteiger partial charge in [-0.3, -0.25) is 19.1 Å². The highest BCUT2D eigenvalue weighted by Crippen LogP contribution is 2.27. The number of fused-ring (bicyclic) bond motifs is 1. The fraction of sp³-hybridized carbons (Fsp3) is 0.727. The molecular formula is C22H34N4O4. The molecule has 0 aromatic carbocycles. The molecule has 0 atom stereocenters. The van der Waals surface area contributed by atoms with Gasteiger partial charge in [0.2, 0.25) is 0 Å². The predicted molar refractivity (Wildman–Crippen MR) is 115 cm³/mol. The van der Waals surface area contributed by atoms with Crippen molar-refractivity contribution < 1.29 is 9.53 Å². The van der Waals surface area contributed by atoms with Gasteiger partial charge in [-0.1, -0.05) is 45.4 Å². The van der Waals surface area contributed by atoms with E-state index in [1.807, 2.05) is 13.8 Å². The number of esters is 1. The molecule has 0 bridgehead atoms. The van der Waals surface area contributed by atoms with Gasteiger partial charge in [-0.25, -0.2) is 9.78 Å². The molecule has 1 N–H and O–H groups in total. The van der Waals surface area contributed by atoms with Crippen molar-refractivity contribution >= 4 is 17.1 Å². The maximum atomic E-state index is 12.4. The molecule has 8 nitrogen and oxygen atoms in total. The summed E-state index contributed by atoms with van der Waals surface area (Å²) in [5.74, 6) is 1.01. The lowest BCUT2D eigenvalue weighted by atomic mass is 9.86. The lowest BCUT2D eigenvalue weighted by Gasteiger charge is -2.20. The zero-order chi connectivity index (χ0) is 21.5. The molecule has 1 aliphatic carbocycles. The number of H-pyrrole nitrogens is 1. The molecule has 1 saturated carbocycles. The van der Waals surface area contributed by atoms with E-state index in [4.69, 9.17) is 4.74 Å². The second-order valence-corrected chi connectivity index (χ2v) is 8.27. The number of aryl methyl sites for hydroxylation is 2. The van der Waals surface area contributed by atoms with Gasteiger partial charge in [0, 0.05) is 19.5 Å². The molecule has 1 fully saturated rings. The van der Waals surface area contributed by atoms with Gasteiger partial charge >= 0.3 is 11.7 Å². The first kappa shape index (κ1) is 22.3. The third kappa shape index (κ3) is 5.21. The number of aromatic nitrogens is 4. The average molecular weight is 419 g/mol. The standard InChI is InChI=1S/C22H34N4O4/c1-3-5-14-26-20-19(21(28)24-22(26)29)25(4-2)17(23-20)15-30-18(27)13-9-12-16-10-7-6-8-11-16/h16H,3-15H2,1-2H3,(H,24,28,29). The summed E-state index contributed by atoms with van der Waals surface area (Å²) in [5, 5.41) is 0. The van der Waals surface area contributed by atoms with Crippen LogP contribution in [0.1, 0.15) is 83.9 Å². The van der Waals surface area contributed by atoms with E-state index in [2.05, 4.69) is 9.97 Å². The molecule has 2 aromatic rings. The monoisotopic (exact) mass is 418 g/mol. The van der Waals surface area contributed by atoms with Crippen molar-refractivity contribution in [2.45, 2.75) is 97.8 Å². The van der Waals surface area contributed by atoms with Crippen molar-refractivity contribution in [1.82, 2.24) is 19.1 Å². The van der Waals surface area contributed by atoms with Crippen molar-refractivity contribution in [1.29, 1.82) is 0 Å². The molecule has 2 aromatic heterocycles. The highest BCUT2D eigenvalue weighted by Gasteiger charge is 2.19. The summed E-state index contributed by atoms with van der Waals surface area (Å²) in [5.41, 5.74) is -0.186. The predicted octanol–water partition coefficient (Wildman–Crippen LogP) is 3.50. The zero-order valence-corrected chi connectivity index (χ0v) is 18.2. The lowest BCUT2D eigenvalue weighted by molar-refractivity contribution is -0.145. The van der Waals surface area contributed by atoms with Crippen LogP contribution < -0.4 is 11.2 Å². The molecule has 0 aliphatic heterocycles. The van der Waals surface area contributed by atoms with Gasteiger partial charge in [0.1, 0.15) is 12.4 Å². The van der Waals surface area contributed by atoms with Gasteiger partial charge in [0.15, 0.2) is 11.2 Å². The van der Waals surface area contributed by atoms with Crippen LogP contribution in [0, 0.1) is 5.92 Å². The van der Waals surface area contributed by atoms with E-state index in [-0.39, 0.29) is 12.6 Å². The van der Waals surface area contributed by atoms with Crippen molar-refractivity contribution in [3.05, 3.63) is 26.7 Å². The fourth-order valence-electron chi connectivity index (χ4n) is 4.42. The molecule has 2 heterocycles. The summed E-state index contributed by atoms with van der Waals surface area (Å²) in [7, 11) is 0. The Kier molecular flexibility index (Phi) is 7.87. The second-order valence-electron chi connectivity index (χ2n) is 8.27. The number of nitrogens with one attached hydrogen (secondary N) is 1. The molecule has 8 heteroatoms. The fourth-order valence-corrected chi connectivity index (χ4v) is 4.42. The number of carbonyl (C=O) groups excluding carboxylic acids is 1. The summed E-state index contributed by atoms with van der Waals surface area (Å²) in [6.07, 6.45) is 10.6. The zero-order valence-electron chi connectivity index (χ0n) is 18.2. The molecular weight excluding hydrogens is 384 g/mol. The van der Waals surface area contributed by atoms with Crippen LogP contribution in [0.5, 0.6) is 0 Å². The Balaban J connectivity index is 1.67. The topological polar surface area (TPSA) is 99.0 Å². The van der Waals surface area contributed by atoms with E-state index in [0.29, 0.717) is 36.5 Å². The number of hydrogen-bond acceptors (Lipinski definition) is 5. The number of rotatable bonds is 10. The Morgan fingerprint density at radius 2 is 1.90 bits per heavy atom. The first-order chi connectivity index (χ1) is 14.5. The second kappa shape index (κ2) is 10.6. The molecule has 0 saturated heterocycles. The Hall–Kier alpha value is -2.38. The number of aromatic amines is 1. The van der Waals surface area contributed by atoms with Crippen molar-refractivity contribution in [3.63, 3.8) is 0 Å². The Morgan fingerprint density at radius 3 is 2.60 bits per heavy atom. The van der Waals surface area contributed by atoms with E-state index < -0.39 is 11.2 Å². The summed E-state index contributed by atoms with van der Waals surface area (Å²) in [6, 6.07) is 0. The van der Waals surface area contributed by atoms with Crippen LogP contribution in [0.15, 0.2) is 9.59 Å². The van der Waals surface area contributed by atoms with E-state index in [9.17, 15) is 14.4 Å². The average Bonchev–Trinajstić information content (AvgIpc) is 3.12. The molecule has 0 amide bonds. The van der Waals surface area contributed by atoms with E-state index in [0.717, 1.165) is 31.6 Å². The SMILES string of the molecule is CCCCn1c(=O)[nH]c(=O)c2c1nc(COC(=O)CCCC1CCCCC1)n2CC. The molecule has 3 rings (SSSR count). The Bertz CT molecular complexity index is 966. The Labute approximate surface area is 176 Å². The molecule has 0 unspecified atom stereocenters. The normalized spacial score (nSPS) is 15.0. The number of hydrogen-bond donors (Lipinski definition) is 1. The van der Waals surface area contributed by atoms with Crippen LogP contribution in [-0.2, 0) is 29.2 Å². The van der Waals surface area contributed by atoms with Crippen LogP contribution in [0.25, 0.3) is 11.2 Å². The largest absolute Gasteiger partial charge is 0.458 e. The Morgan fingerprint density at radius 1 is 1.13 bits per heavy atom. The number of unbranched alkanes of at least 4 members (excludes halogenated alkanes) is 1. The number of imidazole rings is 1. The minimum Gasteiger partial charge on any atom is -0.458 e. The van der Waals surface area contributed by atoms with Gasteiger partial charge in [-0.05, 0) is 32.1 Å². The van der Waals surface area contributed by atoms with Crippen LogP contribution in [0.4, 0.5) is 0 Å². The molecule has 166 valence electrons. The third-order valence-electron chi connectivity index (χ3n) is 6.10. The van der Waals surface area contributed by atoms with E-state index in [1.165, 1.54) is 36.7 Å². The summed E-state index contributed by atoms with van der Waals surface area (Å²) in [4.78, 5) is 43.8. The first-order valence-electron chi connectivity index (χ1n) is 11.4. The van der Waals surface area contributed by atoms with Crippen LogP contribution in [0.2, 0.25) is 0 Å². The maximum Gasteiger partial charge on any atom is 0.330 e. The summed E-state index contributed by atoms with van der Waals surface area (Å²) in [6.45, 7) is 4.94. The first-order valence-corrected chi connectivity index (χ1v) is 11.4. The quantitative estimate of drug-likeness (QED) is 0.595. The highest BCUT2D eigenvalue weighted by molar-refractivity contribution is 5.71. The lowest BCUT2D eigenvalue weighted by Crippen LogP contribution is -2.31. The van der Waals surface area contributed by atoms with E-state index >= 15 is 0 Å². The van der Waals surface area contributed by atoms with Crippen molar-refractivity contribution in [2.75, 3.05) is 0 Å². The molecule has 0 radical (unpaired) electrons.